The van der Waals surface area contributed by atoms with Gasteiger partial charge in [0.05, 0.1) is 17.8 Å². The van der Waals surface area contributed by atoms with E-state index in [1.807, 2.05) is 43.0 Å². The summed E-state index contributed by atoms with van der Waals surface area (Å²) in [6.07, 6.45) is 0. The summed E-state index contributed by atoms with van der Waals surface area (Å²) in [5.41, 5.74) is 0.396. The van der Waals surface area contributed by atoms with Gasteiger partial charge in [0.2, 0.25) is 0 Å². The Kier molecular flexibility index (Phi) is 3.45. The number of hydrogen-bond donors (Lipinski definition) is 1. The van der Waals surface area contributed by atoms with Gasteiger partial charge in [-0.2, -0.15) is 0 Å². The monoisotopic (exact) mass is 251 g/mol. The molecule has 0 aliphatic carbocycles. The highest BCUT2D eigenvalue weighted by Crippen LogP contribution is 2.21. The van der Waals surface area contributed by atoms with Crippen molar-refractivity contribution in [3.05, 3.63) is 29.8 Å². The maximum absolute atomic E-state index is 12.3. The molecule has 92 valence electrons. The first-order valence-electron chi connectivity index (χ1n) is 5.71. The second-order valence-corrected chi connectivity index (χ2v) is 5.33. The molecule has 1 amide bonds. The Bertz CT molecular complexity index is 431. The first-order valence-corrected chi connectivity index (χ1v) is 6.15. The summed E-state index contributed by atoms with van der Waals surface area (Å²) in [7, 11) is 0. The van der Waals surface area contributed by atoms with Gasteiger partial charge >= 0.3 is 0 Å². The molecule has 0 saturated carbocycles. The van der Waals surface area contributed by atoms with E-state index >= 15 is 0 Å². The van der Waals surface area contributed by atoms with E-state index in [1.165, 1.54) is 0 Å². The Morgan fingerprint density at radius 3 is 2.76 bits per heavy atom. The number of amides is 1. The Hall–Kier alpha value is -1.00. The fraction of sp³-hybridized carbons (Fsp3) is 0.462. The number of rotatable bonds is 1. The van der Waals surface area contributed by atoms with Gasteiger partial charge in [-0.3, -0.25) is 4.79 Å². The standard InChI is InChI=1S/C13H17NO2S/c1-13(2)9-14(7-8-16-13)12(15)10-5-3-4-6-11(10)17/h3-6,17H,7-9H2,1-2H3. The molecule has 1 fully saturated rings. The number of thiol groups is 1. The molecule has 2 rings (SSSR count). The molecule has 0 N–H and O–H groups in total. The first-order chi connectivity index (χ1) is 7.99. The molecule has 0 radical (unpaired) electrons. The van der Waals surface area contributed by atoms with Crippen LogP contribution in [0.2, 0.25) is 0 Å². The van der Waals surface area contributed by atoms with Gasteiger partial charge in [-0.05, 0) is 26.0 Å². The normalized spacial score (nSPS) is 19.1. The summed E-state index contributed by atoms with van der Waals surface area (Å²) >= 11 is 4.32. The van der Waals surface area contributed by atoms with Gasteiger partial charge in [-0.15, -0.1) is 12.6 Å². The lowest BCUT2D eigenvalue weighted by Gasteiger charge is -2.38. The Morgan fingerprint density at radius 1 is 1.41 bits per heavy atom. The molecule has 1 aliphatic heterocycles. The largest absolute Gasteiger partial charge is 0.372 e. The van der Waals surface area contributed by atoms with E-state index in [0.717, 1.165) is 4.90 Å². The molecule has 0 atom stereocenters. The van der Waals surface area contributed by atoms with E-state index in [9.17, 15) is 4.79 Å². The van der Waals surface area contributed by atoms with Crippen LogP contribution in [-0.2, 0) is 4.74 Å². The van der Waals surface area contributed by atoms with Crippen molar-refractivity contribution in [3.63, 3.8) is 0 Å². The zero-order chi connectivity index (χ0) is 12.5. The number of hydrogen-bond acceptors (Lipinski definition) is 3. The van der Waals surface area contributed by atoms with E-state index in [4.69, 9.17) is 4.74 Å². The average Bonchev–Trinajstić information content (AvgIpc) is 2.27. The fourth-order valence-corrected chi connectivity index (χ4v) is 2.27. The van der Waals surface area contributed by atoms with Gasteiger partial charge in [0, 0.05) is 18.0 Å². The van der Waals surface area contributed by atoms with Gasteiger partial charge < -0.3 is 9.64 Å². The lowest BCUT2D eigenvalue weighted by atomic mass is 10.1. The minimum atomic E-state index is -0.264. The van der Waals surface area contributed by atoms with E-state index in [1.54, 1.807) is 0 Å². The average molecular weight is 251 g/mol. The Balaban J connectivity index is 2.18. The molecule has 1 heterocycles. The van der Waals surface area contributed by atoms with Crippen molar-refractivity contribution in [2.75, 3.05) is 19.7 Å². The maximum Gasteiger partial charge on any atom is 0.255 e. The summed E-state index contributed by atoms with van der Waals surface area (Å²) in [6.45, 7) is 5.85. The molecule has 3 nitrogen and oxygen atoms in total. The molecule has 4 heteroatoms. The molecule has 0 unspecified atom stereocenters. The van der Waals surface area contributed by atoms with Crippen LogP contribution in [0, 0.1) is 0 Å². The highest BCUT2D eigenvalue weighted by atomic mass is 32.1. The minimum absolute atomic E-state index is 0.0342. The highest BCUT2D eigenvalue weighted by molar-refractivity contribution is 7.80. The molecular weight excluding hydrogens is 234 g/mol. The van der Waals surface area contributed by atoms with Crippen LogP contribution < -0.4 is 0 Å². The summed E-state index contributed by atoms with van der Waals surface area (Å²) in [5, 5.41) is 0. The molecule has 17 heavy (non-hydrogen) atoms. The van der Waals surface area contributed by atoms with Crippen LogP contribution in [0.4, 0.5) is 0 Å². The molecule has 0 spiro atoms. The molecule has 1 aromatic rings. The number of carbonyl (C=O) groups excluding carboxylic acids is 1. The smallest absolute Gasteiger partial charge is 0.255 e. The molecule has 1 saturated heterocycles. The van der Waals surface area contributed by atoms with Crippen LogP contribution in [0.15, 0.2) is 29.2 Å². The highest BCUT2D eigenvalue weighted by Gasteiger charge is 2.30. The zero-order valence-electron chi connectivity index (χ0n) is 10.1. The summed E-state index contributed by atoms with van der Waals surface area (Å²) in [6, 6.07) is 7.38. The van der Waals surface area contributed by atoms with Crippen molar-refractivity contribution in [1.82, 2.24) is 4.90 Å². The lowest BCUT2D eigenvalue weighted by Crippen LogP contribution is -2.50. The van der Waals surface area contributed by atoms with Gasteiger partial charge in [0.15, 0.2) is 0 Å². The maximum atomic E-state index is 12.3. The van der Waals surface area contributed by atoms with Gasteiger partial charge in [-0.1, -0.05) is 12.1 Å². The quantitative estimate of drug-likeness (QED) is 0.776. The zero-order valence-corrected chi connectivity index (χ0v) is 11.0. The first kappa shape index (κ1) is 12.5. The SMILES string of the molecule is CC1(C)CN(C(=O)c2ccccc2S)CCO1. The molecule has 1 aromatic carbocycles. The van der Waals surface area contributed by atoms with Crippen LogP contribution in [0.5, 0.6) is 0 Å². The third-order valence-electron chi connectivity index (χ3n) is 2.85. The van der Waals surface area contributed by atoms with Crippen LogP contribution in [-0.4, -0.2) is 36.1 Å². The third kappa shape index (κ3) is 2.82. The van der Waals surface area contributed by atoms with Crippen LogP contribution in [0.1, 0.15) is 24.2 Å². The number of benzene rings is 1. The summed E-state index contributed by atoms with van der Waals surface area (Å²) in [4.78, 5) is 14.9. The van der Waals surface area contributed by atoms with Gasteiger partial charge in [0.1, 0.15) is 0 Å². The third-order valence-corrected chi connectivity index (χ3v) is 3.24. The van der Waals surface area contributed by atoms with E-state index in [2.05, 4.69) is 12.6 Å². The number of morpholine rings is 1. The predicted octanol–water partition coefficient (Wildman–Crippen LogP) is 2.23. The van der Waals surface area contributed by atoms with Crippen molar-refractivity contribution < 1.29 is 9.53 Å². The van der Waals surface area contributed by atoms with Gasteiger partial charge in [0.25, 0.3) is 5.91 Å². The van der Waals surface area contributed by atoms with Gasteiger partial charge in [-0.25, -0.2) is 0 Å². The predicted molar refractivity (Wildman–Crippen MR) is 69.6 cm³/mol. The van der Waals surface area contributed by atoms with Crippen LogP contribution in [0.25, 0.3) is 0 Å². The van der Waals surface area contributed by atoms with Crippen molar-refractivity contribution in [2.24, 2.45) is 0 Å². The minimum Gasteiger partial charge on any atom is -0.372 e. The summed E-state index contributed by atoms with van der Waals surface area (Å²) < 4.78 is 5.60. The number of ether oxygens (including phenoxy) is 1. The number of carbonyl (C=O) groups is 1. The van der Waals surface area contributed by atoms with Crippen molar-refractivity contribution in [2.45, 2.75) is 24.3 Å². The van der Waals surface area contributed by atoms with E-state index in [0.29, 0.717) is 25.3 Å². The molecule has 0 bridgehead atoms. The lowest BCUT2D eigenvalue weighted by molar-refractivity contribution is -0.0764. The second-order valence-electron chi connectivity index (χ2n) is 4.85. The Morgan fingerprint density at radius 2 is 2.12 bits per heavy atom. The van der Waals surface area contributed by atoms with Crippen molar-refractivity contribution >= 4 is 18.5 Å². The Labute approximate surface area is 107 Å². The van der Waals surface area contributed by atoms with E-state index in [-0.39, 0.29) is 11.5 Å². The van der Waals surface area contributed by atoms with Crippen LogP contribution >= 0.6 is 12.6 Å². The topological polar surface area (TPSA) is 29.5 Å². The molecule has 1 aliphatic rings. The molecule has 0 aromatic heterocycles. The molecular formula is C13H17NO2S. The van der Waals surface area contributed by atoms with Crippen molar-refractivity contribution in [1.29, 1.82) is 0 Å². The van der Waals surface area contributed by atoms with E-state index < -0.39 is 0 Å². The fourth-order valence-electron chi connectivity index (χ4n) is 2.01. The van der Waals surface area contributed by atoms with Crippen LogP contribution in [0.3, 0.4) is 0 Å². The summed E-state index contributed by atoms with van der Waals surface area (Å²) in [5.74, 6) is 0.0342. The number of nitrogens with zero attached hydrogens (tertiary/aromatic N) is 1. The van der Waals surface area contributed by atoms with Crippen molar-refractivity contribution in [3.8, 4) is 0 Å². The second kappa shape index (κ2) is 4.70.